The summed E-state index contributed by atoms with van der Waals surface area (Å²) in [5, 5.41) is 6.37. The van der Waals surface area contributed by atoms with Crippen LogP contribution in [0, 0.1) is 0 Å². The highest BCUT2D eigenvalue weighted by atomic mass is 16.2. The van der Waals surface area contributed by atoms with Crippen LogP contribution in [0.15, 0.2) is 79.4 Å². The summed E-state index contributed by atoms with van der Waals surface area (Å²) < 4.78 is 2.08. The monoisotopic (exact) mass is 490 g/mol. The number of rotatable bonds is 6. The van der Waals surface area contributed by atoms with E-state index in [9.17, 15) is 9.59 Å². The molecule has 2 aromatic carbocycles. The van der Waals surface area contributed by atoms with E-state index >= 15 is 0 Å². The number of amides is 2. The highest BCUT2D eigenvalue weighted by Crippen LogP contribution is 2.53. The second kappa shape index (κ2) is 8.81. The first-order valence-electron chi connectivity index (χ1n) is 12.3. The smallest absolute Gasteiger partial charge is 0.251 e. The molecule has 1 aliphatic carbocycles. The Kier molecular flexibility index (Phi) is 5.44. The molecular weight excluding hydrogens is 464 g/mol. The van der Waals surface area contributed by atoms with Crippen molar-refractivity contribution in [3.63, 3.8) is 0 Å². The molecule has 2 amide bonds. The van der Waals surface area contributed by atoms with Gasteiger partial charge in [-0.05, 0) is 61.2 Å². The summed E-state index contributed by atoms with van der Waals surface area (Å²) in [6.07, 6.45) is 9.72. The summed E-state index contributed by atoms with van der Waals surface area (Å²) in [6.45, 7) is 1.65. The van der Waals surface area contributed by atoms with Gasteiger partial charge in [0.05, 0.1) is 17.4 Å². The van der Waals surface area contributed by atoms with E-state index < -0.39 is 6.04 Å². The molecule has 1 fully saturated rings. The summed E-state index contributed by atoms with van der Waals surface area (Å²) in [7, 11) is 1.54. The Morgan fingerprint density at radius 1 is 0.973 bits per heavy atom. The van der Waals surface area contributed by atoms with Gasteiger partial charge in [-0.1, -0.05) is 24.3 Å². The average molecular weight is 491 g/mol. The summed E-state index contributed by atoms with van der Waals surface area (Å²) >= 11 is 0. The summed E-state index contributed by atoms with van der Waals surface area (Å²) in [5.74, 6) is 0.121. The number of aromatic nitrogens is 4. The minimum absolute atomic E-state index is 0.0901. The zero-order valence-corrected chi connectivity index (χ0v) is 20.6. The van der Waals surface area contributed by atoms with Crippen molar-refractivity contribution in [2.45, 2.75) is 31.2 Å². The predicted molar refractivity (Wildman–Crippen MR) is 141 cm³/mol. The Hall–Kier alpha value is -4.59. The van der Waals surface area contributed by atoms with Crippen LogP contribution in [0.1, 0.15) is 41.4 Å². The molecule has 37 heavy (non-hydrogen) atoms. The van der Waals surface area contributed by atoms with Gasteiger partial charge in [0, 0.05) is 47.6 Å². The van der Waals surface area contributed by atoms with E-state index in [-0.39, 0.29) is 17.2 Å². The summed E-state index contributed by atoms with van der Waals surface area (Å²) in [4.78, 5) is 37.9. The molecule has 2 N–H and O–H groups in total. The fourth-order valence-electron chi connectivity index (χ4n) is 4.94. The van der Waals surface area contributed by atoms with Gasteiger partial charge in [-0.25, -0.2) is 9.97 Å². The van der Waals surface area contributed by atoms with Crippen LogP contribution in [0.2, 0.25) is 0 Å². The molecule has 0 aliphatic heterocycles. The van der Waals surface area contributed by atoms with Crippen molar-refractivity contribution >= 4 is 28.5 Å². The third kappa shape index (κ3) is 4.00. The molecule has 1 aliphatic rings. The lowest BCUT2D eigenvalue weighted by Gasteiger charge is -2.17. The molecule has 0 saturated heterocycles. The van der Waals surface area contributed by atoms with Crippen LogP contribution >= 0.6 is 0 Å². The van der Waals surface area contributed by atoms with Crippen LogP contribution < -0.4 is 10.6 Å². The molecule has 3 heterocycles. The number of nitrogens with one attached hydrogen (secondary N) is 2. The number of pyridine rings is 1. The van der Waals surface area contributed by atoms with Gasteiger partial charge < -0.3 is 10.6 Å². The first-order valence-corrected chi connectivity index (χ1v) is 12.3. The zero-order chi connectivity index (χ0) is 25.6. The largest absolute Gasteiger partial charge is 0.357 e. The van der Waals surface area contributed by atoms with E-state index in [0.29, 0.717) is 11.3 Å². The second-order valence-corrected chi connectivity index (χ2v) is 9.54. The third-order valence-electron chi connectivity index (χ3n) is 7.23. The van der Waals surface area contributed by atoms with Gasteiger partial charge in [0.15, 0.2) is 0 Å². The van der Waals surface area contributed by atoms with Crippen molar-refractivity contribution in [3.05, 3.63) is 96.2 Å². The van der Waals surface area contributed by atoms with E-state index in [1.807, 2.05) is 30.6 Å². The maximum atomic E-state index is 12.5. The van der Waals surface area contributed by atoms with Crippen molar-refractivity contribution in [3.8, 4) is 11.1 Å². The number of carbonyl (C=O) groups is 2. The zero-order valence-electron chi connectivity index (χ0n) is 20.6. The minimum Gasteiger partial charge on any atom is -0.357 e. The minimum atomic E-state index is -0.614. The Labute approximate surface area is 213 Å². The number of hydrogen-bond acceptors (Lipinski definition) is 5. The maximum absolute atomic E-state index is 12.5. The molecule has 1 saturated carbocycles. The quantitative estimate of drug-likeness (QED) is 0.376. The van der Waals surface area contributed by atoms with Crippen LogP contribution in [0.4, 0.5) is 0 Å². The Bertz CT molecular complexity index is 1650. The van der Waals surface area contributed by atoms with Gasteiger partial charge in [0.25, 0.3) is 5.91 Å². The van der Waals surface area contributed by atoms with Gasteiger partial charge in [-0.2, -0.15) is 0 Å². The van der Waals surface area contributed by atoms with E-state index in [1.54, 1.807) is 32.3 Å². The fraction of sp³-hybridized carbons (Fsp3) is 0.207. The Morgan fingerprint density at radius 2 is 1.76 bits per heavy atom. The Morgan fingerprint density at radius 3 is 2.51 bits per heavy atom. The maximum Gasteiger partial charge on any atom is 0.251 e. The van der Waals surface area contributed by atoms with Crippen LogP contribution in [-0.4, -0.2) is 44.3 Å². The number of hydrogen-bond donors (Lipinski definition) is 2. The number of imidazole rings is 1. The highest BCUT2D eigenvalue weighted by molar-refractivity contribution is 5.97. The van der Waals surface area contributed by atoms with Crippen molar-refractivity contribution in [2.75, 3.05) is 7.05 Å². The van der Waals surface area contributed by atoms with Gasteiger partial charge in [-0.3, -0.25) is 19.0 Å². The first-order chi connectivity index (χ1) is 18.0. The standard InChI is InChI=1S/C29H26N6O2/c1-18(26(36)30-2)34-27(37)20-7-5-19(6-8-20)22-15-32-28-33-16-25(35(28)17-22)29(11-12-29)23-9-10-24-21(14-23)4-3-13-31-24/h3-10,13-18H,11-12H2,1-2H3,(H,30,36)(H,34,37)/t18-/m1/s1. The third-order valence-corrected chi connectivity index (χ3v) is 7.23. The normalized spacial score (nSPS) is 14.9. The van der Waals surface area contributed by atoms with Crippen molar-refractivity contribution in [1.82, 2.24) is 30.0 Å². The molecular formula is C29H26N6O2. The van der Waals surface area contributed by atoms with Gasteiger partial charge in [0.2, 0.25) is 11.7 Å². The van der Waals surface area contributed by atoms with Crippen LogP contribution in [0.3, 0.4) is 0 Å². The van der Waals surface area contributed by atoms with Crippen molar-refractivity contribution in [2.24, 2.45) is 0 Å². The highest BCUT2D eigenvalue weighted by Gasteiger charge is 2.48. The molecule has 1 atom stereocenters. The lowest BCUT2D eigenvalue weighted by Crippen LogP contribution is -2.43. The Balaban J connectivity index is 1.30. The van der Waals surface area contributed by atoms with Crippen LogP contribution in [0.5, 0.6) is 0 Å². The molecule has 8 nitrogen and oxygen atoms in total. The SMILES string of the molecule is CNC(=O)[C@@H](C)NC(=O)c1ccc(-c2cnc3ncc(C4(c5ccc6ncccc6c5)CC4)n3c2)cc1. The fourth-order valence-corrected chi connectivity index (χ4v) is 4.94. The van der Waals surface area contributed by atoms with Gasteiger partial charge in [0.1, 0.15) is 6.04 Å². The van der Waals surface area contributed by atoms with Crippen LogP contribution in [-0.2, 0) is 10.2 Å². The van der Waals surface area contributed by atoms with E-state index in [1.165, 1.54) is 5.56 Å². The number of carbonyl (C=O) groups excluding carboxylic acids is 2. The van der Waals surface area contributed by atoms with E-state index in [0.717, 1.165) is 40.6 Å². The average Bonchev–Trinajstić information content (AvgIpc) is 3.64. The topological polar surface area (TPSA) is 101 Å². The molecule has 0 bridgehead atoms. The van der Waals surface area contributed by atoms with Gasteiger partial charge in [-0.15, -0.1) is 0 Å². The lowest BCUT2D eigenvalue weighted by atomic mass is 9.91. The van der Waals surface area contributed by atoms with Crippen molar-refractivity contribution in [1.29, 1.82) is 0 Å². The number of nitrogens with zero attached hydrogens (tertiary/aromatic N) is 4. The van der Waals surface area contributed by atoms with E-state index in [2.05, 4.69) is 60.4 Å². The molecule has 5 aromatic rings. The number of likely N-dealkylation sites (N-methyl/N-ethyl adjacent to an activating group) is 1. The summed E-state index contributed by atoms with van der Waals surface area (Å²) in [5.41, 5.74) is 5.64. The molecule has 184 valence electrons. The second-order valence-electron chi connectivity index (χ2n) is 9.54. The molecule has 0 spiro atoms. The van der Waals surface area contributed by atoms with Crippen molar-refractivity contribution < 1.29 is 9.59 Å². The van der Waals surface area contributed by atoms with Gasteiger partial charge >= 0.3 is 0 Å². The van der Waals surface area contributed by atoms with Crippen LogP contribution in [0.25, 0.3) is 27.8 Å². The molecule has 3 aromatic heterocycles. The number of fused-ring (bicyclic) bond motifs is 2. The van der Waals surface area contributed by atoms with E-state index in [4.69, 9.17) is 0 Å². The molecule has 0 radical (unpaired) electrons. The summed E-state index contributed by atoms with van der Waals surface area (Å²) in [6, 6.07) is 17.2. The lowest BCUT2D eigenvalue weighted by molar-refractivity contribution is -0.122. The predicted octanol–water partition coefficient (Wildman–Crippen LogP) is 3.89. The first kappa shape index (κ1) is 22.8. The number of benzene rings is 2. The molecule has 6 rings (SSSR count). The molecule has 0 unspecified atom stereocenters. The molecule has 8 heteroatoms.